The van der Waals surface area contributed by atoms with E-state index in [1.54, 1.807) is 6.07 Å². The summed E-state index contributed by atoms with van der Waals surface area (Å²) in [5.41, 5.74) is 2.10. The third-order valence-electron chi connectivity index (χ3n) is 2.68. The number of carbonyl (C=O) groups excluding carboxylic acids is 1. The Bertz CT molecular complexity index is 654. The Balaban J connectivity index is 2.12. The minimum atomic E-state index is -0.207. The van der Waals surface area contributed by atoms with Gasteiger partial charge in [0.05, 0.1) is 6.54 Å². The molecular weight excluding hydrogens is 256 g/mol. The fourth-order valence-electron chi connectivity index (χ4n) is 1.66. The van der Waals surface area contributed by atoms with Crippen LogP contribution in [0.3, 0.4) is 0 Å². The van der Waals surface area contributed by atoms with E-state index in [-0.39, 0.29) is 19.1 Å². The molecular formula is C14H14N4O2. The number of hydrogen-bond acceptors (Lipinski definition) is 4. The summed E-state index contributed by atoms with van der Waals surface area (Å²) in [7, 11) is 0. The predicted octanol–water partition coefficient (Wildman–Crippen LogP) is 0.387. The van der Waals surface area contributed by atoms with E-state index < -0.39 is 0 Å². The highest BCUT2D eigenvalue weighted by Gasteiger charge is 2.09. The summed E-state index contributed by atoms with van der Waals surface area (Å²) in [6.07, 6.45) is 1.39. The lowest BCUT2D eigenvalue weighted by Gasteiger charge is -2.07. The van der Waals surface area contributed by atoms with E-state index in [1.807, 2.05) is 19.1 Å². The molecule has 1 aromatic heterocycles. The van der Waals surface area contributed by atoms with Gasteiger partial charge in [-0.05, 0) is 24.6 Å². The van der Waals surface area contributed by atoms with E-state index in [0.717, 1.165) is 5.56 Å². The van der Waals surface area contributed by atoms with Crippen molar-refractivity contribution in [3.8, 4) is 11.8 Å². The van der Waals surface area contributed by atoms with Crippen LogP contribution in [0.15, 0.2) is 24.5 Å². The molecule has 1 heterocycles. The molecule has 0 radical (unpaired) electrons. The molecule has 0 aliphatic rings. The van der Waals surface area contributed by atoms with Crippen molar-refractivity contribution >= 4 is 5.91 Å². The van der Waals surface area contributed by atoms with Crippen LogP contribution in [0.2, 0.25) is 0 Å². The zero-order valence-electron chi connectivity index (χ0n) is 11.0. The lowest BCUT2D eigenvalue weighted by atomic mass is 10.0. The molecule has 0 aliphatic heterocycles. The van der Waals surface area contributed by atoms with Gasteiger partial charge in [0, 0.05) is 11.1 Å². The first-order valence-electron chi connectivity index (χ1n) is 6.03. The maximum Gasteiger partial charge on any atom is 0.251 e. The first-order valence-corrected chi connectivity index (χ1v) is 6.03. The van der Waals surface area contributed by atoms with Gasteiger partial charge in [-0.25, -0.2) is 4.98 Å². The topological polar surface area (TPSA) is 90.9 Å². The van der Waals surface area contributed by atoms with Crippen LogP contribution in [0, 0.1) is 18.8 Å². The minimum absolute atomic E-state index is 0.202. The summed E-state index contributed by atoms with van der Waals surface area (Å²) in [4.78, 5) is 16.0. The van der Waals surface area contributed by atoms with E-state index in [2.05, 4.69) is 32.3 Å². The highest BCUT2D eigenvalue weighted by Crippen LogP contribution is 2.10. The van der Waals surface area contributed by atoms with Crippen molar-refractivity contribution in [2.75, 3.05) is 6.61 Å². The zero-order valence-corrected chi connectivity index (χ0v) is 11.0. The molecule has 102 valence electrons. The molecule has 6 heteroatoms. The van der Waals surface area contributed by atoms with Crippen LogP contribution in [0.1, 0.15) is 27.3 Å². The average Bonchev–Trinajstić information content (AvgIpc) is 2.97. The van der Waals surface area contributed by atoms with Crippen molar-refractivity contribution in [3.05, 3.63) is 47.0 Å². The smallest absolute Gasteiger partial charge is 0.251 e. The van der Waals surface area contributed by atoms with E-state index in [1.165, 1.54) is 6.33 Å². The van der Waals surface area contributed by atoms with Crippen LogP contribution in [-0.2, 0) is 6.54 Å². The number of nitrogens with zero attached hydrogens (tertiary/aromatic N) is 2. The number of carbonyl (C=O) groups is 1. The van der Waals surface area contributed by atoms with Gasteiger partial charge in [0.1, 0.15) is 18.8 Å². The average molecular weight is 270 g/mol. The molecule has 2 rings (SSSR count). The summed E-state index contributed by atoms with van der Waals surface area (Å²) in [6.45, 7) is 1.93. The second kappa shape index (κ2) is 6.50. The lowest BCUT2D eigenvalue weighted by Crippen LogP contribution is -2.24. The number of aliphatic hydroxyl groups excluding tert-OH is 1. The first kappa shape index (κ1) is 13.8. The standard InChI is InChI=1S/C14H14N4O2/c1-10-4-5-11(3-2-6-19)7-12(10)14(20)15-8-13-16-9-17-18-13/h4-5,7,9,19H,6,8H2,1H3,(H,15,20)(H,16,17,18). The number of aryl methyl sites for hydroxylation is 1. The Kier molecular flexibility index (Phi) is 4.47. The quantitative estimate of drug-likeness (QED) is 0.703. The van der Waals surface area contributed by atoms with Crippen LogP contribution in [0.25, 0.3) is 0 Å². The highest BCUT2D eigenvalue weighted by atomic mass is 16.2. The number of benzene rings is 1. The largest absolute Gasteiger partial charge is 0.384 e. The van der Waals surface area contributed by atoms with Crippen LogP contribution < -0.4 is 5.32 Å². The third-order valence-corrected chi connectivity index (χ3v) is 2.68. The Morgan fingerprint density at radius 3 is 3.05 bits per heavy atom. The van der Waals surface area contributed by atoms with Crippen molar-refractivity contribution < 1.29 is 9.90 Å². The van der Waals surface area contributed by atoms with E-state index in [9.17, 15) is 4.79 Å². The summed E-state index contributed by atoms with van der Waals surface area (Å²) in [5.74, 6) is 5.72. The highest BCUT2D eigenvalue weighted by molar-refractivity contribution is 5.95. The molecule has 2 aromatic rings. The van der Waals surface area contributed by atoms with Gasteiger partial charge in [0.25, 0.3) is 5.91 Å². The Labute approximate surface area is 116 Å². The van der Waals surface area contributed by atoms with E-state index >= 15 is 0 Å². The number of aromatic amines is 1. The van der Waals surface area contributed by atoms with E-state index in [0.29, 0.717) is 17.0 Å². The number of rotatable bonds is 3. The summed E-state index contributed by atoms with van der Waals surface area (Å²) >= 11 is 0. The van der Waals surface area contributed by atoms with Crippen molar-refractivity contribution in [1.82, 2.24) is 20.5 Å². The van der Waals surface area contributed by atoms with Gasteiger partial charge in [-0.3, -0.25) is 9.89 Å². The second-order valence-corrected chi connectivity index (χ2v) is 4.10. The number of hydrogen-bond donors (Lipinski definition) is 3. The molecule has 0 spiro atoms. The Morgan fingerprint density at radius 1 is 1.50 bits per heavy atom. The summed E-state index contributed by atoms with van der Waals surface area (Å²) < 4.78 is 0. The van der Waals surface area contributed by atoms with Gasteiger partial charge < -0.3 is 10.4 Å². The zero-order chi connectivity index (χ0) is 14.4. The predicted molar refractivity (Wildman–Crippen MR) is 72.7 cm³/mol. The number of aromatic nitrogens is 3. The van der Waals surface area contributed by atoms with Crippen LogP contribution >= 0.6 is 0 Å². The molecule has 6 nitrogen and oxygen atoms in total. The molecule has 0 fully saturated rings. The molecule has 0 unspecified atom stereocenters. The molecule has 20 heavy (non-hydrogen) atoms. The maximum atomic E-state index is 12.1. The van der Waals surface area contributed by atoms with Gasteiger partial charge in [-0.1, -0.05) is 17.9 Å². The second-order valence-electron chi connectivity index (χ2n) is 4.10. The van der Waals surface area contributed by atoms with Crippen molar-refractivity contribution in [1.29, 1.82) is 0 Å². The third kappa shape index (κ3) is 3.43. The van der Waals surface area contributed by atoms with Crippen molar-refractivity contribution in [2.45, 2.75) is 13.5 Å². The molecule has 0 atom stereocenters. The van der Waals surface area contributed by atoms with Gasteiger partial charge >= 0.3 is 0 Å². The molecule has 0 aliphatic carbocycles. The Morgan fingerprint density at radius 2 is 2.35 bits per heavy atom. The number of aliphatic hydroxyl groups is 1. The fraction of sp³-hybridized carbons (Fsp3) is 0.214. The first-order chi connectivity index (χ1) is 9.70. The lowest BCUT2D eigenvalue weighted by molar-refractivity contribution is 0.0949. The summed E-state index contributed by atoms with van der Waals surface area (Å²) in [6, 6.07) is 5.34. The van der Waals surface area contributed by atoms with Crippen LogP contribution in [0.4, 0.5) is 0 Å². The molecule has 1 aromatic carbocycles. The van der Waals surface area contributed by atoms with Gasteiger partial charge in [0.2, 0.25) is 0 Å². The number of nitrogens with one attached hydrogen (secondary N) is 2. The minimum Gasteiger partial charge on any atom is -0.384 e. The Hall–Kier alpha value is -2.65. The molecule has 0 saturated carbocycles. The maximum absolute atomic E-state index is 12.1. The van der Waals surface area contributed by atoms with Gasteiger partial charge in [-0.2, -0.15) is 5.10 Å². The van der Waals surface area contributed by atoms with Crippen molar-refractivity contribution in [2.24, 2.45) is 0 Å². The van der Waals surface area contributed by atoms with Gasteiger partial charge in [0.15, 0.2) is 0 Å². The van der Waals surface area contributed by atoms with Crippen LogP contribution in [0.5, 0.6) is 0 Å². The number of H-pyrrole nitrogens is 1. The fourth-order valence-corrected chi connectivity index (χ4v) is 1.66. The monoisotopic (exact) mass is 270 g/mol. The molecule has 0 saturated heterocycles. The molecule has 1 amide bonds. The van der Waals surface area contributed by atoms with Crippen molar-refractivity contribution in [3.63, 3.8) is 0 Å². The van der Waals surface area contributed by atoms with E-state index in [4.69, 9.17) is 5.11 Å². The summed E-state index contributed by atoms with van der Waals surface area (Å²) in [5, 5.41) is 17.8. The normalized spacial score (nSPS) is 9.70. The SMILES string of the molecule is Cc1ccc(C#CCO)cc1C(=O)NCc1ncn[nH]1. The molecule has 0 bridgehead atoms. The van der Waals surface area contributed by atoms with Gasteiger partial charge in [-0.15, -0.1) is 0 Å². The van der Waals surface area contributed by atoms with Crippen LogP contribution in [-0.4, -0.2) is 32.8 Å². The number of amides is 1. The molecule has 3 N–H and O–H groups in total.